The number of sulfone groups is 1. The summed E-state index contributed by atoms with van der Waals surface area (Å²) in [5.74, 6) is 0.595. The Morgan fingerprint density at radius 1 is 1.04 bits per heavy atom. The molecule has 0 radical (unpaired) electrons. The van der Waals surface area contributed by atoms with E-state index >= 15 is 0 Å². The molecule has 126 valence electrons. The minimum atomic E-state index is -2.82. The molecule has 2 fully saturated rings. The Morgan fingerprint density at radius 2 is 1.78 bits per heavy atom. The SMILES string of the molecule is O=S1(=O)CCC(N2CCN(C3CCc4c(F)cccc43)CC2)C1. The van der Waals surface area contributed by atoms with E-state index in [0.717, 1.165) is 56.6 Å². The first kappa shape index (κ1) is 15.5. The average molecular weight is 338 g/mol. The molecule has 0 bridgehead atoms. The molecular formula is C17H23FN2O2S. The lowest BCUT2D eigenvalue weighted by Crippen LogP contribution is -2.51. The van der Waals surface area contributed by atoms with Gasteiger partial charge in [-0.25, -0.2) is 12.8 Å². The van der Waals surface area contributed by atoms with E-state index in [1.165, 1.54) is 0 Å². The normalized spacial score (nSPS) is 31.3. The Kier molecular flexibility index (Phi) is 3.94. The third kappa shape index (κ3) is 2.92. The van der Waals surface area contributed by atoms with Gasteiger partial charge < -0.3 is 0 Å². The van der Waals surface area contributed by atoms with E-state index in [0.29, 0.717) is 17.5 Å². The summed E-state index contributed by atoms with van der Waals surface area (Å²) in [6.07, 6.45) is 2.60. The smallest absolute Gasteiger partial charge is 0.151 e. The van der Waals surface area contributed by atoms with Crippen LogP contribution in [0.2, 0.25) is 0 Å². The highest BCUT2D eigenvalue weighted by Crippen LogP contribution is 2.37. The van der Waals surface area contributed by atoms with Crippen LogP contribution in [0.5, 0.6) is 0 Å². The summed E-state index contributed by atoms with van der Waals surface area (Å²) < 4.78 is 37.2. The molecule has 0 spiro atoms. The van der Waals surface area contributed by atoms with E-state index in [1.807, 2.05) is 6.07 Å². The van der Waals surface area contributed by atoms with Gasteiger partial charge in [0.25, 0.3) is 0 Å². The van der Waals surface area contributed by atoms with Crippen LogP contribution in [0.4, 0.5) is 4.39 Å². The Labute approximate surface area is 137 Å². The van der Waals surface area contributed by atoms with E-state index in [1.54, 1.807) is 6.07 Å². The van der Waals surface area contributed by atoms with Gasteiger partial charge in [0.2, 0.25) is 0 Å². The molecule has 0 aromatic heterocycles. The number of hydrogen-bond acceptors (Lipinski definition) is 4. The van der Waals surface area contributed by atoms with Gasteiger partial charge in [0, 0.05) is 38.3 Å². The monoisotopic (exact) mass is 338 g/mol. The van der Waals surface area contributed by atoms with Crippen molar-refractivity contribution in [2.45, 2.75) is 31.3 Å². The molecular weight excluding hydrogens is 315 g/mol. The molecule has 0 saturated carbocycles. The van der Waals surface area contributed by atoms with Crippen molar-refractivity contribution in [2.75, 3.05) is 37.7 Å². The number of rotatable bonds is 2. The lowest BCUT2D eigenvalue weighted by atomic mass is 10.1. The minimum Gasteiger partial charge on any atom is -0.297 e. The van der Waals surface area contributed by atoms with E-state index in [-0.39, 0.29) is 11.9 Å². The Morgan fingerprint density at radius 3 is 2.48 bits per heavy atom. The third-order valence-corrected chi connectivity index (χ3v) is 7.45. The molecule has 2 aliphatic heterocycles. The first-order chi connectivity index (χ1) is 11.0. The number of benzene rings is 1. The van der Waals surface area contributed by atoms with Gasteiger partial charge in [-0.05, 0) is 36.5 Å². The van der Waals surface area contributed by atoms with Gasteiger partial charge in [-0.15, -0.1) is 0 Å². The highest BCUT2D eigenvalue weighted by Gasteiger charge is 2.36. The molecule has 6 heteroatoms. The molecule has 3 aliphatic rings. The van der Waals surface area contributed by atoms with Crippen LogP contribution < -0.4 is 0 Å². The fraction of sp³-hybridized carbons (Fsp3) is 0.647. The summed E-state index contributed by atoms with van der Waals surface area (Å²) >= 11 is 0. The summed E-state index contributed by atoms with van der Waals surface area (Å²) in [5.41, 5.74) is 2.05. The second-order valence-electron chi connectivity index (χ2n) is 6.99. The van der Waals surface area contributed by atoms with Crippen molar-refractivity contribution in [3.63, 3.8) is 0 Å². The van der Waals surface area contributed by atoms with Crippen LogP contribution in [0.15, 0.2) is 18.2 Å². The van der Waals surface area contributed by atoms with Crippen molar-refractivity contribution >= 4 is 9.84 Å². The standard InChI is InChI=1S/C17H23FN2O2S/c18-16-3-1-2-15-14(16)4-5-17(15)20-9-7-19(8-10-20)13-6-11-23(21,22)12-13/h1-3,13,17H,4-12H2. The minimum absolute atomic E-state index is 0.0696. The highest BCUT2D eigenvalue weighted by atomic mass is 32.2. The molecule has 4 rings (SSSR count). The number of hydrogen-bond donors (Lipinski definition) is 0. The average Bonchev–Trinajstić information content (AvgIpc) is 3.12. The van der Waals surface area contributed by atoms with Gasteiger partial charge in [-0.3, -0.25) is 9.80 Å². The van der Waals surface area contributed by atoms with Crippen molar-refractivity contribution < 1.29 is 12.8 Å². The van der Waals surface area contributed by atoms with Crippen molar-refractivity contribution in [2.24, 2.45) is 0 Å². The number of nitrogens with zero attached hydrogens (tertiary/aromatic N) is 2. The molecule has 1 aromatic carbocycles. The van der Waals surface area contributed by atoms with Crippen molar-refractivity contribution in [3.05, 3.63) is 35.1 Å². The topological polar surface area (TPSA) is 40.6 Å². The lowest BCUT2D eigenvalue weighted by Gasteiger charge is -2.40. The maximum atomic E-state index is 13.9. The summed E-state index contributed by atoms with van der Waals surface area (Å²) in [5, 5.41) is 0. The molecule has 2 heterocycles. The van der Waals surface area contributed by atoms with Crippen LogP contribution in [0, 0.1) is 5.82 Å². The molecule has 1 aromatic rings. The van der Waals surface area contributed by atoms with Crippen LogP contribution in [0.25, 0.3) is 0 Å². The van der Waals surface area contributed by atoms with E-state index in [9.17, 15) is 12.8 Å². The lowest BCUT2D eigenvalue weighted by molar-refractivity contribution is 0.0752. The zero-order chi connectivity index (χ0) is 16.0. The van der Waals surface area contributed by atoms with Gasteiger partial charge >= 0.3 is 0 Å². The maximum absolute atomic E-state index is 13.9. The zero-order valence-electron chi connectivity index (χ0n) is 13.2. The number of halogens is 1. The molecule has 0 amide bonds. The van der Waals surface area contributed by atoms with Crippen molar-refractivity contribution in [3.8, 4) is 0 Å². The van der Waals surface area contributed by atoms with E-state index in [4.69, 9.17) is 0 Å². The summed E-state index contributed by atoms with van der Waals surface area (Å²) in [6, 6.07) is 5.96. The van der Waals surface area contributed by atoms with Crippen LogP contribution in [-0.4, -0.2) is 61.9 Å². The first-order valence-corrected chi connectivity index (χ1v) is 10.3. The molecule has 1 aliphatic carbocycles. The van der Waals surface area contributed by atoms with Crippen LogP contribution in [0.3, 0.4) is 0 Å². The zero-order valence-corrected chi connectivity index (χ0v) is 14.1. The van der Waals surface area contributed by atoms with Crippen LogP contribution in [0.1, 0.15) is 30.0 Å². The van der Waals surface area contributed by atoms with Gasteiger partial charge in [-0.2, -0.15) is 0 Å². The van der Waals surface area contributed by atoms with Gasteiger partial charge in [0.1, 0.15) is 5.82 Å². The van der Waals surface area contributed by atoms with E-state index in [2.05, 4.69) is 15.9 Å². The first-order valence-electron chi connectivity index (χ1n) is 8.49. The fourth-order valence-corrected chi connectivity index (χ4v) is 6.21. The summed E-state index contributed by atoms with van der Waals surface area (Å²) in [4.78, 5) is 4.79. The predicted octanol–water partition coefficient (Wildman–Crippen LogP) is 1.62. The van der Waals surface area contributed by atoms with Gasteiger partial charge in [0.15, 0.2) is 9.84 Å². The largest absolute Gasteiger partial charge is 0.297 e. The molecule has 2 saturated heterocycles. The Hall–Kier alpha value is -0.980. The van der Waals surface area contributed by atoms with E-state index < -0.39 is 9.84 Å². The highest BCUT2D eigenvalue weighted by molar-refractivity contribution is 7.91. The van der Waals surface area contributed by atoms with Crippen LogP contribution in [-0.2, 0) is 16.3 Å². The molecule has 23 heavy (non-hydrogen) atoms. The van der Waals surface area contributed by atoms with Crippen LogP contribution >= 0.6 is 0 Å². The summed E-state index contributed by atoms with van der Waals surface area (Å²) in [7, 11) is -2.82. The van der Waals surface area contributed by atoms with Crippen molar-refractivity contribution in [1.29, 1.82) is 0 Å². The quantitative estimate of drug-likeness (QED) is 0.822. The second-order valence-corrected chi connectivity index (χ2v) is 9.22. The number of fused-ring (bicyclic) bond motifs is 1. The number of piperazine rings is 1. The Balaban J connectivity index is 1.41. The molecule has 2 atom stereocenters. The molecule has 4 nitrogen and oxygen atoms in total. The third-order valence-electron chi connectivity index (χ3n) is 5.70. The van der Waals surface area contributed by atoms with Crippen molar-refractivity contribution in [1.82, 2.24) is 9.80 Å². The van der Waals surface area contributed by atoms with Gasteiger partial charge in [-0.1, -0.05) is 12.1 Å². The summed E-state index contributed by atoms with van der Waals surface area (Å²) in [6.45, 7) is 3.72. The maximum Gasteiger partial charge on any atom is 0.151 e. The predicted molar refractivity (Wildman–Crippen MR) is 87.7 cm³/mol. The Bertz CT molecular complexity index is 699. The van der Waals surface area contributed by atoms with Gasteiger partial charge in [0.05, 0.1) is 11.5 Å². The second kappa shape index (κ2) is 5.83. The fourth-order valence-electron chi connectivity index (χ4n) is 4.44. The molecule has 2 unspecified atom stereocenters. The molecule has 0 N–H and O–H groups in total.